The number of carbonyl (C=O) groups excluding carboxylic acids is 2. The maximum Gasteiger partial charge on any atom is 0.266 e. The van der Waals surface area contributed by atoms with E-state index in [1.54, 1.807) is 42.5 Å². The van der Waals surface area contributed by atoms with Gasteiger partial charge in [0.25, 0.3) is 11.8 Å². The third kappa shape index (κ3) is 7.63. The molecule has 0 radical (unpaired) electrons. The summed E-state index contributed by atoms with van der Waals surface area (Å²) in [4.78, 5) is 24.8. The highest BCUT2D eigenvalue weighted by Crippen LogP contribution is 2.29. The summed E-state index contributed by atoms with van der Waals surface area (Å²) in [5.41, 5.74) is 2.71. The monoisotopic (exact) mass is 489 g/mol. The standard InChI is InChI=1S/C27H24ClN3O4/c1-3-34-25-14-19(13-20(16-29)27(33)31-23-6-4-5-21(28)15-23)9-12-24(25)35-17-26(32)30-22-10-7-18(2)8-11-22/h4-15H,3,17H2,1-2H3,(H,30,32)(H,31,33)/b20-13+. The Labute approximate surface area is 208 Å². The van der Waals surface area contributed by atoms with Crippen molar-refractivity contribution in [3.63, 3.8) is 0 Å². The number of hydrogen-bond donors (Lipinski definition) is 2. The summed E-state index contributed by atoms with van der Waals surface area (Å²) >= 11 is 5.94. The van der Waals surface area contributed by atoms with Gasteiger partial charge in [-0.3, -0.25) is 9.59 Å². The van der Waals surface area contributed by atoms with Gasteiger partial charge in [-0.05, 0) is 68.0 Å². The number of nitrogens with one attached hydrogen (secondary N) is 2. The normalized spacial score (nSPS) is 10.7. The second-order valence-electron chi connectivity index (χ2n) is 7.48. The molecular weight excluding hydrogens is 466 g/mol. The first-order chi connectivity index (χ1) is 16.9. The summed E-state index contributed by atoms with van der Waals surface area (Å²) in [6, 6.07) is 20.9. The van der Waals surface area contributed by atoms with Crippen molar-refractivity contribution in [2.24, 2.45) is 0 Å². The van der Waals surface area contributed by atoms with E-state index in [1.807, 2.05) is 44.2 Å². The molecule has 35 heavy (non-hydrogen) atoms. The van der Waals surface area contributed by atoms with Gasteiger partial charge in [-0.25, -0.2) is 0 Å². The number of amides is 2. The fourth-order valence-electron chi connectivity index (χ4n) is 3.06. The highest BCUT2D eigenvalue weighted by Gasteiger charge is 2.13. The number of anilines is 2. The minimum atomic E-state index is -0.569. The van der Waals surface area contributed by atoms with Crippen LogP contribution in [0.1, 0.15) is 18.1 Å². The van der Waals surface area contributed by atoms with Crippen LogP contribution in [0.15, 0.2) is 72.3 Å². The van der Waals surface area contributed by atoms with Crippen LogP contribution in [0.4, 0.5) is 11.4 Å². The van der Waals surface area contributed by atoms with Crippen molar-refractivity contribution in [1.29, 1.82) is 5.26 Å². The van der Waals surface area contributed by atoms with E-state index in [0.717, 1.165) is 5.56 Å². The molecule has 0 aromatic heterocycles. The van der Waals surface area contributed by atoms with Crippen LogP contribution in [-0.4, -0.2) is 25.0 Å². The average molecular weight is 490 g/mol. The number of hydrogen-bond acceptors (Lipinski definition) is 5. The molecule has 0 atom stereocenters. The number of carbonyl (C=O) groups is 2. The van der Waals surface area contributed by atoms with E-state index >= 15 is 0 Å². The first-order valence-electron chi connectivity index (χ1n) is 10.8. The predicted octanol–water partition coefficient (Wildman–Crippen LogP) is 5.61. The summed E-state index contributed by atoms with van der Waals surface area (Å²) in [7, 11) is 0. The number of nitrogens with zero attached hydrogens (tertiary/aromatic N) is 1. The van der Waals surface area contributed by atoms with Crippen LogP contribution in [0.25, 0.3) is 6.08 Å². The minimum absolute atomic E-state index is 0.0985. The Morgan fingerprint density at radius 1 is 0.971 bits per heavy atom. The van der Waals surface area contributed by atoms with E-state index in [-0.39, 0.29) is 18.1 Å². The SMILES string of the molecule is CCOc1cc(/C=C(\C#N)C(=O)Nc2cccc(Cl)c2)ccc1OCC(=O)Nc1ccc(C)cc1. The Hall–Kier alpha value is -4.28. The van der Waals surface area contributed by atoms with Crippen LogP contribution in [0.3, 0.4) is 0 Å². The van der Waals surface area contributed by atoms with Gasteiger partial charge in [-0.2, -0.15) is 5.26 Å². The molecule has 8 heteroatoms. The number of rotatable bonds is 9. The molecule has 178 valence electrons. The zero-order chi connectivity index (χ0) is 25.2. The number of aryl methyl sites for hydroxylation is 1. The quantitative estimate of drug-likeness (QED) is 0.300. The second-order valence-corrected chi connectivity index (χ2v) is 7.91. The van der Waals surface area contributed by atoms with Crippen LogP contribution in [-0.2, 0) is 9.59 Å². The van der Waals surface area contributed by atoms with E-state index in [0.29, 0.717) is 40.1 Å². The molecule has 0 bridgehead atoms. The number of nitriles is 1. The molecule has 0 saturated heterocycles. The van der Waals surface area contributed by atoms with Gasteiger partial charge in [-0.15, -0.1) is 0 Å². The average Bonchev–Trinajstić information content (AvgIpc) is 2.83. The lowest BCUT2D eigenvalue weighted by Gasteiger charge is -2.13. The molecule has 0 aliphatic carbocycles. The number of halogens is 1. The third-order valence-electron chi connectivity index (χ3n) is 4.72. The largest absolute Gasteiger partial charge is 0.490 e. The zero-order valence-electron chi connectivity index (χ0n) is 19.3. The molecule has 3 rings (SSSR count). The lowest BCUT2D eigenvalue weighted by atomic mass is 10.1. The molecule has 7 nitrogen and oxygen atoms in total. The molecule has 0 aliphatic heterocycles. The molecule has 0 saturated carbocycles. The van der Waals surface area contributed by atoms with Crippen molar-refractivity contribution in [1.82, 2.24) is 0 Å². The summed E-state index contributed by atoms with van der Waals surface area (Å²) in [6.07, 6.45) is 1.44. The van der Waals surface area contributed by atoms with Gasteiger partial charge in [0.15, 0.2) is 18.1 Å². The summed E-state index contributed by atoms with van der Waals surface area (Å²) in [6.45, 7) is 3.93. The van der Waals surface area contributed by atoms with Crippen molar-refractivity contribution in [3.8, 4) is 17.6 Å². The Morgan fingerprint density at radius 2 is 1.74 bits per heavy atom. The molecule has 3 aromatic carbocycles. The minimum Gasteiger partial charge on any atom is -0.490 e. The summed E-state index contributed by atoms with van der Waals surface area (Å²) in [5, 5.41) is 15.4. The molecule has 2 amide bonds. The molecular formula is C27H24ClN3O4. The topological polar surface area (TPSA) is 100 Å². The number of ether oxygens (including phenoxy) is 2. The van der Waals surface area contributed by atoms with Gasteiger partial charge < -0.3 is 20.1 Å². The smallest absolute Gasteiger partial charge is 0.266 e. The second kappa shape index (κ2) is 12.3. The first kappa shape index (κ1) is 25.3. The third-order valence-corrected chi connectivity index (χ3v) is 4.96. The lowest BCUT2D eigenvalue weighted by molar-refractivity contribution is -0.118. The van der Waals surface area contributed by atoms with Crippen LogP contribution in [0.2, 0.25) is 5.02 Å². The van der Waals surface area contributed by atoms with Crippen LogP contribution >= 0.6 is 11.6 Å². The van der Waals surface area contributed by atoms with E-state index in [1.165, 1.54) is 6.08 Å². The molecule has 0 fully saturated rings. The number of benzene rings is 3. The highest BCUT2D eigenvalue weighted by molar-refractivity contribution is 6.31. The fourth-order valence-corrected chi connectivity index (χ4v) is 3.25. The molecule has 3 aromatic rings. The van der Waals surface area contributed by atoms with Crippen LogP contribution in [0, 0.1) is 18.3 Å². The van der Waals surface area contributed by atoms with Gasteiger partial charge in [0.1, 0.15) is 11.6 Å². The van der Waals surface area contributed by atoms with Gasteiger partial charge in [0.05, 0.1) is 6.61 Å². The molecule has 2 N–H and O–H groups in total. The lowest BCUT2D eigenvalue weighted by Crippen LogP contribution is -2.20. The Kier molecular flexibility index (Phi) is 8.88. The van der Waals surface area contributed by atoms with Crippen LogP contribution < -0.4 is 20.1 Å². The predicted molar refractivity (Wildman–Crippen MR) is 137 cm³/mol. The molecule has 0 aliphatic rings. The molecule has 0 spiro atoms. The molecule has 0 heterocycles. The first-order valence-corrected chi connectivity index (χ1v) is 11.2. The van der Waals surface area contributed by atoms with Crippen molar-refractivity contribution < 1.29 is 19.1 Å². The Bertz CT molecular complexity index is 1280. The van der Waals surface area contributed by atoms with E-state index in [4.69, 9.17) is 21.1 Å². The van der Waals surface area contributed by atoms with Crippen molar-refractivity contribution in [2.75, 3.05) is 23.8 Å². The van der Waals surface area contributed by atoms with Gasteiger partial charge >= 0.3 is 0 Å². The Balaban J connectivity index is 1.70. The zero-order valence-corrected chi connectivity index (χ0v) is 20.1. The van der Waals surface area contributed by atoms with Crippen molar-refractivity contribution in [3.05, 3.63) is 88.5 Å². The highest BCUT2D eigenvalue weighted by atomic mass is 35.5. The molecule has 0 unspecified atom stereocenters. The summed E-state index contributed by atoms with van der Waals surface area (Å²) < 4.78 is 11.3. The van der Waals surface area contributed by atoms with E-state index in [9.17, 15) is 14.9 Å². The summed E-state index contributed by atoms with van der Waals surface area (Å²) in [5.74, 6) is -0.132. The van der Waals surface area contributed by atoms with Gasteiger partial charge in [0, 0.05) is 16.4 Å². The van der Waals surface area contributed by atoms with Gasteiger partial charge in [-0.1, -0.05) is 41.4 Å². The van der Waals surface area contributed by atoms with Crippen molar-refractivity contribution in [2.45, 2.75) is 13.8 Å². The fraction of sp³-hybridized carbons (Fsp3) is 0.148. The van der Waals surface area contributed by atoms with Gasteiger partial charge in [0.2, 0.25) is 0 Å². The maximum atomic E-state index is 12.5. The Morgan fingerprint density at radius 3 is 2.43 bits per heavy atom. The van der Waals surface area contributed by atoms with E-state index in [2.05, 4.69) is 10.6 Å². The van der Waals surface area contributed by atoms with Crippen LogP contribution in [0.5, 0.6) is 11.5 Å². The van der Waals surface area contributed by atoms with E-state index < -0.39 is 5.91 Å². The van der Waals surface area contributed by atoms with Crippen molar-refractivity contribution >= 4 is 40.9 Å². The maximum absolute atomic E-state index is 12.5.